The Kier molecular flexibility index (Phi) is 4.06. The molecular formula is C18H22N4O2. The van der Waals surface area contributed by atoms with E-state index in [1.54, 1.807) is 0 Å². The van der Waals surface area contributed by atoms with E-state index < -0.39 is 0 Å². The molecule has 0 spiro atoms. The van der Waals surface area contributed by atoms with Crippen molar-refractivity contribution in [3.8, 4) is 0 Å². The summed E-state index contributed by atoms with van der Waals surface area (Å²) in [5, 5.41) is 6.90. The molecular weight excluding hydrogens is 304 g/mol. The fourth-order valence-electron chi connectivity index (χ4n) is 4.14. The van der Waals surface area contributed by atoms with Crippen molar-refractivity contribution in [3.63, 3.8) is 0 Å². The molecule has 0 saturated carbocycles. The largest absolute Gasteiger partial charge is 0.347 e. The van der Waals surface area contributed by atoms with Crippen molar-refractivity contribution < 1.29 is 9.32 Å². The normalized spacial score (nSPS) is 26.5. The summed E-state index contributed by atoms with van der Waals surface area (Å²) in [5.41, 5.74) is 1.37. The number of carbonyl (C=O) groups excluding carboxylic acids is 1. The number of fused-ring (bicyclic) bond motifs is 1. The minimum atomic E-state index is -0.0956. The summed E-state index contributed by atoms with van der Waals surface area (Å²) in [6.45, 7) is 2.91. The first-order valence-corrected chi connectivity index (χ1v) is 8.60. The second kappa shape index (κ2) is 6.36. The SMILES string of the molecule is CC(=O)NCc1nc([C@@H]2C[C@H](c3ccccc3)N3CCC[C@@H]23)no1. The Hall–Kier alpha value is -2.21. The van der Waals surface area contributed by atoms with Crippen molar-refractivity contribution in [2.24, 2.45) is 0 Å². The van der Waals surface area contributed by atoms with E-state index in [2.05, 4.69) is 50.7 Å². The van der Waals surface area contributed by atoms with E-state index in [4.69, 9.17) is 4.52 Å². The fourth-order valence-corrected chi connectivity index (χ4v) is 4.14. The lowest BCUT2D eigenvalue weighted by Crippen LogP contribution is -2.27. The first kappa shape index (κ1) is 15.3. The lowest BCUT2D eigenvalue weighted by atomic mass is 9.94. The molecule has 0 radical (unpaired) electrons. The Labute approximate surface area is 141 Å². The second-order valence-electron chi connectivity index (χ2n) is 6.67. The lowest BCUT2D eigenvalue weighted by Gasteiger charge is -2.24. The van der Waals surface area contributed by atoms with E-state index >= 15 is 0 Å². The average Bonchev–Trinajstić information content (AvgIpc) is 3.29. The molecule has 126 valence electrons. The summed E-state index contributed by atoms with van der Waals surface area (Å²) in [6.07, 6.45) is 3.43. The monoisotopic (exact) mass is 326 g/mol. The summed E-state index contributed by atoms with van der Waals surface area (Å²) in [4.78, 5) is 18.2. The van der Waals surface area contributed by atoms with Crippen LogP contribution in [0.4, 0.5) is 0 Å². The van der Waals surface area contributed by atoms with Crippen LogP contribution in [-0.2, 0) is 11.3 Å². The number of rotatable bonds is 4. The predicted molar refractivity (Wildman–Crippen MR) is 88.1 cm³/mol. The number of amides is 1. The molecule has 1 aromatic carbocycles. The third-order valence-corrected chi connectivity index (χ3v) is 5.17. The third kappa shape index (κ3) is 2.82. The summed E-state index contributed by atoms with van der Waals surface area (Å²) < 4.78 is 5.32. The van der Waals surface area contributed by atoms with E-state index in [9.17, 15) is 4.79 Å². The van der Waals surface area contributed by atoms with Crippen LogP contribution in [0, 0.1) is 0 Å². The molecule has 0 unspecified atom stereocenters. The second-order valence-corrected chi connectivity index (χ2v) is 6.67. The highest BCUT2D eigenvalue weighted by Crippen LogP contribution is 2.48. The molecule has 0 aliphatic carbocycles. The minimum Gasteiger partial charge on any atom is -0.347 e. The maximum absolute atomic E-state index is 11.0. The van der Waals surface area contributed by atoms with E-state index in [1.807, 2.05) is 0 Å². The molecule has 4 rings (SSSR count). The summed E-state index contributed by atoms with van der Waals surface area (Å²) in [7, 11) is 0. The molecule has 1 aromatic heterocycles. The first-order valence-electron chi connectivity index (χ1n) is 8.60. The van der Waals surface area contributed by atoms with Crippen LogP contribution in [0.25, 0.3) is 0 Å². The Bertz CT molecular complexity index is 715. The number of hydrogen-bond acceptors (Lipinski definition) is 5. The van der Waals surface area contributed by atoms with Gasteiger partial charge in [0.25, 0.3) is 0 Å². The molecule has 3 atom stereocenters. The van der Waals surface area contributed by atoms with Crippen LogP contribution in [0.1, 0.15) is 55.4 Å². The molecule has 0 bridgehead atoms. The number of aromatic nitrogens is 2. The molecule has 2 aliphatic heterocycles. The topological polar surface area (TPSA) is 71.3 Å². The van der Waals surface area contributed by atoms with Crippen LogP contribution in [0.3, 0.4) is 0 Å². The molecule has 6 nitrogen and oxygen atoms in total. The summed E-state index contributed by atoms with van der Waals surface area (Å²) in [6, 6.07) is 11.6. The van der Waals surface area contributed by atoms with Gasteiger partial charge in [-0.25, -0.2) is 0 Å². The molecule has 3 heterocycles. The van der Waals surface area contributed by atoms with Gasteiger partial charge in [0.1, 0.15) is 0 Å². The predicted octanol–water partition coefficient (Wildman–Crippen LogP) is 2.40. The van der Waals surface area contributed by atoms with Crippen LogP contribution in [-0.4, -0.2) is 33.5 Å². The van der Waals surface area contributed by atoms with Gasteiger partial charge in [-0.3, -0.25) is 9.69 Å². The zero-order valence-electron chi connectivity index (χ0n) is 13.8. The van der Waals surface area contributed by atoms with E-state index in [0.29, 0.717) is 30.4 Å². The lowest BCUT2D eigenvalue weighted by molar-refractivity contribution is -0.119. The Morgan fingerprint density at radius 2 is 2.21 bits per heavy atom. The number of nitrogens with zero attached hydrogens (tertiary/aromatic N) is 3. The average molecular weight is 326 g/mol. The van der Waals surface area contributed by atoms with Gasteiger partial charge in [-0.15, -0.1) is 0 Å². The van der Waals surface area contributed by atoms with Crippen molar-refractivity contribution in [2.75, 3.05) is 6.54 Å². The molecule has 24 heavy (non-hydrogen) atoms. The molecule has 6 heteroatoms. The van der Waals surface area contributed by atoms with Crippen molar-refractivity contribution in [1.82, 2.24) is 20.4 Å². The van der Waals surface area contributed by atoms with Crippen LogP contribution in [0.15, 0.2) is 34.9 Å². The molecule has 2 saturated heterocycles. The highest BCUT2D eigenvalue weighted by Gasteiger charge is 2.46. The molecule has 1 amide bonds. The zero-order valence-corrected chi connectivity index (χ0v) is 13.8. The number of carbonyl (C=O) groups is 1. The van der Waals surface area contributed by atoms with Crippen LogP contribution >= 0.6 is 0 Å². The minimum absolute atomic E-state index is 0.0956. The smallest absolute Gasteiger partial charge is 0.246 e. The highest BCUT2D eigenvalue weighted by molar-refractivity contribution is 5.72. The number of benzene rings is 1. The van der Waals surface area contributed by atoms with Crippen molar-refractivity contribution in [1.29, 1.82) is 0 Å². The van der Waals surface area contributed by atoms with Crippen molar-refractivity contribution in [2.45, 2.75) is 50.7 Å². The van der Waals surface area contributed by atoms with Gasteiger partial charge in [-0.1, -0.05) is 35.5 Å². The standard InChI is InChI=1S/C18H22N4O2/c1-12(23)19-11-17-20-18(21-24-17)14-10-16(13-6-3-2-4-7-13)22-9-5-8-15(14)22/h2-4,6-7,14-16H,5,8-11H2,1H3,(H,19,23)/t14-,15+,16-/m1/s1. The third-order valence-electron chi connectivity index (χ3n) is 5.17. The van der Waals surface area contributed by atoms with Gasteiger partial charge in [-0.2, -0.15) is 4.98 Å². The van der Waals surface area contributed by atoms with E-state index in [0.717, 1.165) is 18.8 Å². The van der Waals surface area contributed by atoms with Gasteiger partial charge in [0, 0.05) is 24.9 Å². The molecule has 2 aromatic rings. The van der Waals surface area contributed by atoms with Gasteiger partial charge in [0.05, 0.1) is 6.54 Å². The van der Waals surface area contributed by atoms with Crippen LogP contribution in [0.5, 0.6) is 0 Å². The summed E-state index contributed by atoms with van der Waals surface area (Å²) >= 11 is 0. The van der Waals surface area contributed by atoms with Gasteiger partial charge in [-0.05, 0) is 31.4 Å². The Morgan fingerprint density at radius 3 is 3.00 bits per heavy atom. The molecule has 2 aliphatic rings. The van der Waals surface area contributed by atoms with Crippen LogP contribution < -0.4 is 5.32 Å². The van der Waals surface area contributed by atoms with Crippen molar-refractivity contribution in [3.05, 3.63) is 47.6 Å². The van der Waals surface area contributed by atoms with E-state index in [1.165, 1.54) is 25.3 Å². The number of nitrogens with one attached hydrogen (secondary N) is 1. The maximum Gasteiger partial charge on any atom is 0.246 e. The molecule has 2 fully saturated rings. The Morgan fingerprint density at radius 1 is 1.38 bits per heavy atom. The highest BCUT2D eigenvalue weighted by atomic mass is 16.5. The molecule has 1 N–H and O–H groups in total. The fraction of sp³-hybridized carbons (Fsp3) is 0.500. The summed E-state index contributed by atoms with van der Waals surface area (Å²) in [5.74, 6) is 1.47. The van der Waals surface area contributed by atoms with Gasteiger partial charge >= 0.3 is 0 Å². The number of hydrogen-bond donors (Lipinski definition) is 1. The van der Waals surface area contributed by atoms with E-state index in [-0.39, 0.29) is 5.91 Å². The van der Waals surface area contributed by atoms with Gasteiger partial charge in [0.15, 0.2) is 5.82 Å². The van der Waals surface area contributed by atoms with Crippen molar-refractivity contribution >= 4 is 5.91 Å². The first-order chi connectivity index (χ1) is 11.7. The zero-order chi connectivity index (χ0) is 16.5. The van der Waals surface area contributed by atoms with Crippen LogP contribution in [0.2, 0.25) is 0 Å². The Balaban J connectivity index is 1.54. The van der Waals surface area contributed by atoms with Gasteiger partial charge < -0.3 is 9.84 Å². The quantitative estimate of drug-likeness (QED) is 0.934. The van der Waals surface area contributed by atoms with Gasteiger partial charge in [0.2, 0.25) is 11.8 Å². The maximum atomic E-state index is 11.0.